The van der Waals surface area contributed by atoms with E-state index in [1.165, 1.54) is 0 Å². The highest BCUT2D eigenvalue weighted by Crippen LogP contribution is 1.90. The lowest BCUT2D eigenvalue weighted by Crippen LogP contribution is -2.24. The minimum absolute atomic E-state index is 0.0683. The zero-order chi connectivity index (χ0) is 5.28. The monoisotopic (exact) mass is 103 g/mol. The summed E-state index contributed by atoms with van der Waals surface area (Å²) in [5, 5.41) is 10.6. The number of rotatable bonds is 0. The lowest BCUT2D eigenvalue weighted by atomic mass is 10.7. The zero-order valence-corrected chi connectivity index (χ0v) is 3.55. The predicted octanol–water partition coefficient (Wildman–Crippen LogP) is -0.955. The van der Waals surface area contributed by atoms with E-state index in [4.69, 9.17) is 5.11 Å². The van der Waals surface area contributed by atoms with E-state index in [-0.39, 0.29) is 6.61 Å². The van der Waals surface area contributed by atoms with Crippen LogP contribution in [0.15, 0.2) is 0 Å². The summed E-state index contributed by atoms with van der Waals surface area (Å²) in [4.78, 5) is 9.96. The molecule has 0 aliphatic carbocycles. The van der Waals surface area contributed by atoms with Gasteiger partial charge in [0.2, 0.25) is 0 Å². The van der Waals surface area contributed by atoms with Crippen LogP contribution in [0.4, 0.5) is 4.79 Å². The zero-order valence-electron chi connectivity index (χ0n) is 3.55. The lowest BCUT2D eigenvalue weighted by Gasteiger charge is -1.89. The molecule has 1 rings (SSSR count). The van der Waals surface area contributed by atoms with Crippen molar-refractivity contribution in [3.63, 3.8) is 0 Å². The van der Waals surface area contributed by atoms with Crippen LogP contribution < -0.4 is 5.32 Å². The van der Waals surface area contributed by atoms with Gasteiger partial charge in [0.25, 0.3) is 0 Å². The van der Waals surface area contributed by atoms with Gasteiger partial charge in [-0.3, -0.25) is 5.32 Å². The Bertz CT molecular complexity index is 92.2. The maximum Gasteiger partial charge on any atom is 0.409 e. The summed E-state index contributed by atoms with van der Waals surface area (Å²) in [6.45, 7) is 0.0683. The second-order valence-corrected chi connectivity index (χ2v) is 1.26. The van der Waals surface area contributed by atoms with Gasteiger partial charge in [0.05, 0.1) is 0 Å². The van der Waals surface area contributed by atoms with Crippen LogP contribution in [0.5, 0.6) is 0 Å². The number of aliphatic hydroxyl groups excluding tert-OH is 1. The highest BCUT2D eigenvalue weighted by molar-refractivity contribution is 5.69. The fourth-order valence-corrected chi connectivity index (χ4v) is 0.374. The number of cyclic esters (lactones) is 1. The van der Waals surface area contributed by atoms with Gasteiger partial charge in [-0.05, 0) is 0 Å². The van der Waals surface area contributed by atoms with Gasteiger partial charge in [0.1, 0.15) is 6.61 Å². The summed E-state index contributed by atoms with van der Waals surface area (Å²) in [5.41, 5.74) is 0. The molecule has 1 saturated heterocycles. The predicted molar refractivity (Wildman–Crippen MR) is 20.5 cm³/mol. The van der Waals surface area contributed by atoms with Crippen LogP contribution in [0.25, 0.3) is 0 Å². The first-order chi connectivity index (χ1) is 3.29. The summed E-state index contributed by atoms with van der Waals surface area (Å²) in [5.74, 6) is 0. The van der Waals surface area contributed by atoms with Crippen molar-refractivity contribution in [2.24, 2.45) is 0 Å². The summed E-state index contributed by atoms with van der Waals surface area (Å²) < 4.78 is 4.27. The van der Waals surface area contributed by atoms with Crippen LogP contribution in [0.1, 0.15) is 0 Å². The SMILES string of the molecule is O=C1NC(O)CO1. The first kappa shape index (κ1) is 4.39. The molecule has 0 spiro atoms. The van der Waals surface area contributed by atoms with Gasteiger partial charge in [0, 0.05) is 0 Å². The van der Waals surface area contributed by atoms with Crippen molar-refractivity contribution < 1.29 is 14.6 Å². The number of amides is 1. The fraction of sp³-hybridized carbons (Fsp3) is 0.667. The van der Waals surface area contributed by atoms with Gasteiger partial charge >= 0.3 is 6.09 Å². The fourth-order valence-electron chi connectivity index (χ4n) is 0.374. The van der Waals surface area contributed by atoms with Gasteiger partial charge in [-0.15, -0.1) is 0 Å². The number of alkyl carbamates (subject to hydrolysis) is 1. The smallest absolute Gasteiger partial charge is 0.409 e. The molecule has 0 saturated carbocycles. The molecule has 1 unspecified atom stereocenters. The molecule has 0 aromatic carbocycles. The first-order valence-electron chi connectivity index (χ1n) is 1.90. The van der Waals surface area contributed by atoms with Gasteiger partial charge in [-0.25, -0.2) is 4.79 Å². The Kier molecular flexibility index (Phi) is 0.867. The van der Waals surface area contributed by atoms with E-state index in [9.17, 15) is 4.79 Å². The van der Waals surface area contributed by atoms with E-state index in [2.05, 4.69) is 10.1 Å². The van der Waals surface area contributed by atoms with E-state index < -0.39 is 12.3 Å². The molecular formula is C3H5NO3. The number of ether oxygens (including phenoxy) is 1. The number of nitrogens with one attached hydrogen (secondary N) is 1. The Labute approximate surface area is 40.1 Å². The molecule has 7 heavy (non-hydrogen) atoms. The number of hydrogen-bond donors (Lipinski definition) is 2. The minimum atomic E-state index is -0.799. The molecule has 1 amide bonds. The number of hydrogen-bond acceptors (Lipinski definition) is 3. The van der Waals surface area contributed by atoms with Crippen molar-refractivity contribution in [2.45, 2.75) is 6.23 Å². The number of carbonyl (C=O) groups is 1. The van der Waals surface area contributed by atoms with Crippen molar-refractivity contribution in [1.82, 2.24) is 5.32 Å². The standard InChI is InChI=1S/C3H5NO3/c5-2-1-7-3(6)4-2/h2,5H,1H2,(H,4,6). The number of aliphatic hydroxyl groups is 1. The van der Waals surface area contributed by atoms with Crippen LogP contribution in [0.2, 0.25) is 0 Å². The average Bonchev–Trinajstić information content (AvgIpc) is 1.87. The molecule has 4 heteroatoms. The van der Waals surface area contributed by atoms with E-state index in [0.717, 1.165) is 0 Å². The first-order valence-corrected chi connectivity index (χ1v) is 1.90. The quantitative estimate of drug-likeness (QED) is 0.415. The van der Waals surface area contributed by atoms with Crippen molar-refractivity contribution in [2.75, 3.05) is 6.61 Å². The second-order valence-electron chi connectivity index (χ2n) is 1.26. The van der Waals surface area contributed by atoms with E-state index in [1.54, 1.807) is 0 Å². The van der Waals surface area contributed by atoms with E-state index in [1.807, 2.05) is 0 Å². The van der Waals surface area contributed by atoms with Crippen LogP contribution in [0, 0.1) is 0 Å². The van der Waals surface area contributed by atoms with E-state index in [0.29, 0.717) is 0 Å². The minimum Gasteiger partial charge on any atom is -0.445 e. The maximum atomic E-state index is 9.96. The molecule has 0 bridgehead atoms. The van der Waals surface area contributed by atoms with Crippen LogP contribution in [-0.4, -0.2) is 24.0 Å². The van der Waals surface area contributed by atoms with Crippen LogP contribution >= 0.6 is 0 Å². The Morgan fingerprint density at radius 1 is 2.00 bits per heavy atom. The van der Waals surface area contributed by atoms with Crippen molar-refractivity contribution >= 4 is 6.09 Å². The molecule has 2 N–H and O–H groups in total. The van der Waals surface area contributed by atoms with Crippen molar-refractivity contribution in [1.29, 1.82) is 0 Å². The lowest BCUT2D eigenvalue weighted by molar-refractivity contribution is 0.129. The Hall–Kier alpha value is -0.770. The van der Waals surface area contributed by atoms with Crippen LogP contribution in [0.3, 0.4) is 0 Å². The highest BCUT2D eigenvalue weighted by atomic mass is 16.6. The third-order valence-electron chi connectivity index (χ3n) is 0.657. The molecule has 40 valence electrons. The molecule has 1 heterocycles. The molecule has 4 nitrogen and oxygen atoms in total. The normalized spacial score (nSPS) is 29.3. The van der Waals surface area contributed by atoms with Crippen LogP contribution in [-0.2, 0) is 4.74 Å². The number of carbonyl (C=O) groups excluding carboxylic acids is 1. The van der Waals surface area contributed by atoms with Gasteiger partial charge in [-0.2, -0.15) is 0 Å². The molecule has 1 atom stereocenters. The van der Waals surface area contributed by atoms with Crippen molar-refractivity contribution in [3.05, 3.63) is 0 Å². The Balaban J connectivity index is 2.40. The van der Waals surface area contributed by atoms with E-state index >= 15 is 0 Å². The molecule has 1 aliphatic rings. The van der Waals surface area contributed by atoms with Gasteiger partial charge in [-0.1, -0.05) is 0 Å². The van der Waals surface area contributed by atoms with Gasteiger partial charge in [0.15, 0.2) is 6.23 Å². The van der Waals surface area contributed by atoms with Gasteiger partial charge < -0.3 is 9.84 Å². The van der Waals surface area contributed by atoms with Crippen molar-refractivity contribution in [3.8, 4) is 0 Å². The molecule has 1 fully saturated rings. The Morgan fingerprint density at radius 3 is 2.86 bits per heavy atom. The summed E-state index contributed by atoms with van der Waals surface area (Å²) in [7, 11) is 0. The Morgan fingerprint density at radius 2 is 2.71 bits per heavy atom. The molecule has 0 aromatic rings. The molecule has 0 aromatic heterocycles. The summed E-state index contributed by atoms with van der Waals surface area (Å²) >= 11 is 0. The largest absolute Gasteiger partial charge is 0.445 e. The second kappa shape index (κ2) is 1.38. The topological polar surface area (TPSA) is 58.6 Å². The summed E-state index contributed by atoms with van der Waals surface area (Å²) in [6, 6.07) is 0. The molecular weight excluding hydrogens is 98.0 g/mol. The third kappa shape index (κ3) is 0.806. The average molecular weight is 103 g/mol. The maximum absolute atomic E-state index is 9.96. The highest BCUT2D eigenvalue weighted by Gasteiger charge is 2.17. The summed E-state index contributed by atoms with van der Waals surface area (Å²) in [6.07, 6.45) is -1.35. The third-order valence-corrected chi connectivity index (χ3v) is 0.657. The molecule has 1 aliphatic heterocycles. The molecule has 0 radical (unpaired) electrons.